The van der Waals surface area contributed by atoms with Crippen LogP contribution in [0.1, 0.15) is 0 Å². The standard InChI is InChI=1S/C7H8N4O/c12-6-1-2-9-7-5(11-6)3-8-4-10-7/h1-3,5H,4H2,(H,9,10)(H,11,12). The van der Waals surface area contributed by atoms with Gasteiger partial charge in [0.25, 0.3) is 0 Å². The molecule has 2 heterocycles. The molecule has 0 bridgehead atoms. The number of rotatable bonds is 0. The van der Waals surface area contributed by atoms with Crippen LogP contribution in [-0.4, -0.2) is 30.7 Å². The number of carbonyl (C=O) groups excluding carboxylic acids is 1. The van der Waals surface area contributed by atoms with Crippen molar-refractivity contribution < 1.29 is 4.79 Å². The molecule has 5 heteroatoms. The number of fused-ring (bicyclic) bond motifs is 1. The summed E-state index contributed by atoms with van der Waals surface area (Å²) in [5.41, 5.74) is 0. The van der Waals surface area contributed by atoms with Gasteiger partial charge in [-0.05, 0) is 0 Å². The van der Waals surface area contributed by atoms with Gasteiger partial charge in [-0.1, -0.05) is 0 Å². The predicted octanol–water partition coefficient (Wildman–Crippen LogP) is -0.972. The lowest BCUT2D eigenvalue weighted by atomic mass is 10.3. The maximum absolute atomic E-state index is 11.0. The number of nitrogens with one attached hydrogen (secondary N) is 2. The van der Waals surface area contributed by atoms with Crippen LogP contribution < -0.4 is 10.6 Å². The highest BCUT2D eigenvalue weighted by Gasteiger charge is 2.18. The minimum atomic E-state index is -0.193. The van der Waals surface area contributed by atoms with Crippen LogP contribution in [0.4, 0.5) is 0 Å². The lowest BCUT2D eigenvalue weighted by Gasteiger charge is -2.15. The van der Waals surface area contributed by atoms with Crippen LogP contribution in [0.5, 0.6) is 0 Å². The molecule has 5 nitrogen and oxygen atoms in total. The molecule has 0 fully saturated rings. The maximum atomic E-state index is 11.0. The molecule has 1 unspecified atom stereocenters. The van der Waals surface area contributed by atoms with Crippen LogP contribution in [-0.2, 0) is 4.79 Å². The van der Waals surface area contributed by atoms with Crippen molar-refractivity contribution in [1.82, 2.24) is 10.6 Å². The summed E-state index contributed by atoms with van der Waals surface area (Å²) in [5, 5.41) is 5.62. The first-order valence-electron chi connectivity index (χ1n) is 3.64. The van der Waals surface area contributed by atoms with Gasteiger partial charge in [-0.25, -0.2) is 4.99 Å². The Balaban J connectivity index is 2.23. The number of amidine groups is 1. The zero-order valence-electron chi connectivity index (χ0n) is 6.32. The first-order chi connectivity index (χ1) is 5.86. The van der Waals surface area contributed by atoms with E-state index in [1.165, 1.54) is 6.08 Å². The second-order valence-electron chi connectivity index (χ2n) is 2.48. The number of carbonyl (C=O) groups is 1. The minimum absolute atomic E-state index is 0.133. The van der Waals surface area contributed by atoms with E-state index in [1.807, 2.05) is 0 Å². The molecule has 0 spiro atoms. The zero-order chi connectivity index (χ0) is 8.39. The summed E-state index contributed by atoms with van der Waals surface area (Å²) in [6, 6.07) is -0.193. The van der Waals surface area contributed by atoms with Gasteiger partial charge in [-0.2, -0.15) is 0 Å². The Bertz CT molecular complexity index is 292. The molecule has 0 aromatic carbocycles. The summed E-state index contributed by atoms with van der Waals surface area (Å²) < 4.78 is 0. The number of hydrogen-bond donors (Lipinski definition) is 2. The lowest BCUT2D eigenvalue weighted by molar-refractivity contribution is -0.116. The van der Waals surface area contributed by atoms with Crippen LogP contribution in [0.3, 0.4) is 0 Å². The first kappa shape index (κ1) is 7.02. The van der Waals surface area contributed by atoms with Crippen LogP contribution in [0.2, 0.25) is 0 Å². The molecular formula is C7H8N4O. The van der Waals surface area contributed by atoms with Gasteiger partial charge in [0.15, 0.2) is 0 Å². The molecule has 1 atom stereocenters. The summed E-state index contributed by atoms with van der Waals surface area (Å²) in [4.78, 5) is 19.0. The lowest BCUT2D eigenvalue weighted by Crippen LogP contribution is -2.45. The summed E-state index contributed by atoms with van der Waals surface area (Å²) in [7, 11) is 0. The predicted molar refractivity (Wildman–Crippen MR) is 45.0 cm³/mol. The second-order valence-corrected chi connectivity index (χ2v) is 2.48. The molecule has 0 saturated carbocycles. The maximum Gasteiger partial charge on any atom is 0.246 e. The van der Waals surface area contributed by atoms with Crippen molar-refractivity contribution in [3.05, 3.63) is 12.3 Å². The van der Waals surface area contributed by atoms with Crippen LogP contribution >= 0.6 is 0 Å². The van der Waals surface area contributed by atoms with Crippen LogP contribution in [0, 0.1) is 0 Å². The number of nitrogens with zero attached hydrogens (tertiary/aromatic N) is 2. The van der Waals surface area contributed by atoms with Crippen molar-refractivity contribution in [2.45, 2.75) is 6.04 Å². The summed E-state index contributed by atoms with van der Waals surface area (Å²) in [5.74, 6) is 0.609. The average molecular weight is 164 g/mol. The molecule has 0 saturated heterocycles. The average Bonchev–Trinajstić information content (AvgIpc) is 2.25. The Labute approximate surface area is 69.3 Å². The highest BCUT2D eigenvalue weighted by atomic mass is 16.1. The normalized spacial score (nSPS) is 26.5. The monoisotopic (exact) mass is 164 g/mol. The van der Waals surface area contributed by atoms with Crippen molar-refractivity contribution >= 4 is 18.0 Å². The smallest absolute Gasteiger partial charge is 0.246 e. The fourth-order valence-corrected chi connectivity index (χ4v) is 1.08. The summed E-state index contributed by atoms with van der Waals surface area (Å²) in [6.45, 7) is 0.433. The van der Waals surface area contributed by atoms with Gasteiger partial charge in [0.2, 0.25) is 5.91 Å². The Hall–Kier alpha value is -1.65. The summed E-state index contributed by atoms with van der Waals surface area (Å²) >= 11 is 0. The molecule has 0 aromatic heterocycles. The van der Waals surface area contributed by atoms with Crippen molar-refractivity contribution in [2.24, 2.45) is 9.98 Å². The third-order valence-corrected chi connectivity index (χ3v) is 1.64. The molecule has 2 aliphatic rings. The van der Waals surface area contributed by atoms with Gasteiger partial charge >= 0.3 is 0 Å². The second kappa shape index (κ2) is 2.77. The Morgan fingerprint density at radius 3 is 3.42 bits per heavy atom. The molecule has 2 rings (SSSR count). The van der Waals surface area contributed by atoms with Crippen molar-refractivity contribution in [1.29, 1.82) is 0 Å². The number of hydrogen-bond acceptors (Lipinski definition) is 4. The fraction of sp³-hybridized carbons (Fsp3) is 0.286. The molecular weight excluding hydrogens is 156 g/mol. The molecule has 0 radical (unpaired) electrons. The van der Waals surface area contributed by atoms with E-state index < -0.39 is 0 Å². The molecule has 2 N–H and O–H groups in total. The highest BCUT2D eigenvalue weighted by molar-refractivity contribution is 6.07. The van der Waals surface area contributed by atoms with E-state index in [2.05, 4.69) is 20.6 Å². The van der Waals surface area contributed by atoms with E-state index in [-0.39, 0.29) is 11.9 Å². The van der Waals surface area contributed by atoms with E-state index in [0.29, 0.717) is 6.67 Å². The van der Waals surface area contributed by atoms with Gasteiger partial charge < -0.3 is 10.6 Å². The Morgan fingerprint density at radius 2 is 2.50 bits per heavy atom. The van der Waals surface area contributed by atoms with Crippen molar-refractivity contribution in [3.8, 4) is 0 Å². The molecule has 1 amide bonds. The Morgan fingerprint density at radius 1 is 1.58 bits per heavy atom. The molecule has 2 aliphatic heterocycles. The largest absolute Gasteiger partial charge is 0.348 e. The van der Waals surface area contributed by atoms with Gasteiger partial charge in [0.05, 0.1) is 0 Å². The molecule has 0 aliphatic carbocycles. The van der Waals surface area contributed by atoms with Gasteiger partial charge in [-0.3, -0.25) is 9.79 Å². The van der Waals surface area contributed by atoms with Crippen LogP contribution in [0.15, 0.2) is 22.3 Å². The number of amides is 1. The van der Waals surface area contributed by atoms with Gasteiger partial charge in [0.1, 0.15) is 18.5 Å². The third kappa shape index (κ3) is 1.20. The van der Waals surface area contributed by atoms with Gasteiger partial charge in [-0.15, -0.1) is 0 Å². The SMILES string of the molecule is O=C1C=CNC2=NCN=CC2N1. The minimum Gasteiger partial charge on any atom is -0.348 e. The number of aliphatic imine (C=N–C) groups is 2. The molecule has 12 heavy (non-hydrogen) atoms. The van der Waals surface area contributed by atoms with E-state index in [0.717, 1.165) is 5.84 Å². The van der Waals surface area contributed by atoms with Crippen LogP contribution in [0.25, 0.3) is 0 Å². The third-order valence-electron chi connectivity index (χ3n) is 1.64. The van der Waals surface area contributed by atoms with E-state index in [9.17, 15) is 4.79 Å². The van der Waals surface area contributed by atoms with Gasteiger partial charge in [0, 0.05) is 18.5 Å². The van der Waals surface area contributed by atoms with E-state index in [4.69, 9.17) is 0 Å². The summed E-state index contributed by atoms with van der Waals surface area (Å²) in [6.07, 6.45) is 4.68. The molecule has 0 aromatic rings. The van der Waals surface area contributed by atoms with Crippen molar-refractivity contribution in [2.75, 3.05) is 6.67 Å². The topological polar surface area (TPSA) is 65.8 Å². The quantitative estimate of drug-likeness (QED) is 0.483. The van der Waals surface area contributed by atoms with E-state index in [1.54, 1.807) is 12.4 Å². The zero-order valence-corrected chi connectivity index (χ0v) is 6.32. The first-order valence-corrected chi connectivity index (χ1v) is 3.64. The Kier molecular flexibility index (Phi) is 1.62. The molecule has 62 valence electrons. The highest BCUT2D eigenvalue weighted by Crippen LogP contribution is 1.95. The fourth-order valence-electron chi connectivity index (χ4n) is 1.08. The van der Waals surface area contributed by atoms with Crippen molar-refractivity contribution in [3.63, 3.8) is 0 Å². The van der Waals surface area contributed by atoms with E-state index >= 15 is 0 Å².